The molecule has 2 rings (SSSR count). The zero-order valence-electron chi connectivity index (χ0n) is 13.0. The Morgan fingerprint density at radius 2 is 1.83 bits per heavy atom. The molecule has 0 aromatic heterocycles. The molecule has 0 aliphatic heterocycles. The Labute approximate surface area is 139 Å². The van der Waals surface area contributed by atoms with Crippen LogP contribution in [0.4, 0.5) is 5.69 Å². The number of carbonyl (C=O) groups is 1. The van der Waals surface area contributed by atoms with Crippen LogP contribution < -0.4 is 5.32 Å². The zero-order chi connectivity index (χ0) is 17.5. The molecule has 0 fully saturated rings. The fourth-order valence-corrected chi connectivity index (χ4v) is 2.11. The van der Waals surface area contributed by atoms with Crippen LogP contribution in [-0.4, -0.2) is 10.8 Å². The first-order valence-electron chi connectivity index (χ1n) is 7.23. The molecule has 0 saturated heterocycles. The molecule has 24 heavy (non-hydrogen) atoms. The van der Waals surface area contributed by atoms with Crippen molar-refractivity contribution in [2.75, 3.05) is 0 Å². The van der Waals surface area contributed by atoms with Gasteiger partial charge in [-0.2, -0.15) is 5.26 Å². The number of hydrogen-bond donors (Lipinski definition) is 1. The molecule has 0 radical (unpaired) electrons. The summed E-state index contributed by atoms with van der Waals surface area (Å²) in [6.07, 6.45) is 1.40. The minimum atomic E-state index is -0.507. The first-order valence-corrected chi connectivity index (χ1v) is 7.23. The van der Waals surface area contributed by atoms with E-state index >= 15 is 0 Å². The third-order valence-electron chi connectivity index (χ3n) is 3.43. The van der Waals surface area contributed by atoms with E-state index in [-0.39, 0.29) is 17.3 Å². The van der Waals surface area contributed by atoms with Gasteiger partial charge in [0.15, 0.2) is 0 Å². The van der Waals surface area contributed by atoms with Crippen LogP contribution in [0.3, 0.4) is 0 Å². The van der Waals surface area contributed by atoms with Crippen LogP contribution >= 0.6 is 0 Å². The predicted octanol–water partition coefficient (Wildman–Crippen LogP) is 3.38. The van der Waals surface area contributed by atoms with Gasteiger partial charge in [-0.25, -0.2) is 0 Å². The molecule has 120 valence electrons. The van der Waals surface area contributed by atoms with E-state index in [1.165, 1.54) is 30.3 Å². The highest BCUT2D eigenvalue weighted by molar-refractivity contribution is 6.01. The summed E-state index contributed by atoms with van der Waals surface area (Å²) in [5.74, 6) is -0.493. The van der Waals surface area contributed by atoms with E-state index in [1.54, 1.807) is 0 Å². The number of rotatable bonds is 5. The Morgan fingerprint density at radius 1 is 1.21 bits per heavy atom. The van der Waals surface area contributed by atoms with Crippen molar-refractivity contribution < 1.29 is 9.72 Å². The third kappa shape index (κ3) is 4.27. The van der Waals surface area contributed by atoms with Gasteiger partial charge in [0.2, 0.25) is 0 Å². The molecular weight excluding hydrogens is 306 g/mol. The molecule has 0 heterocycles. The van der Waals surface area contributed by atoms with Gasteiger partial charge in [0.25, 0.3) is 11.6 Å². The Bertz CT molecular complexity index is 806. The first-order chi connectivity index (χ1) is 11.5. The van der Waals surface area contributed by atoms with E-state index in [1.807, 2.05) is 43.3 Å². The average molecular weight is 321 g/mol. The Kier molecular flexibility index (Phi) is 5.42. The quantitative estimate of drug-likeness (QED) is 0.395. The lowest BCUT2D eigenvalue weighted by Gasteiger charge is -2.13. The molecule has 1 amide bonds. The molecule has 2 aromatic carbocycles. The van der Waals surface area contributed by atoms with E-state index in [9.17, 15) is 20.2 Å². The van der Waals surface area contributed by atoms with Crippen molar-refractivity contribution in [2.45, 2.75) is 13.0 Å². The number of amides is 1. The summed E-state index contributed by atoms with van der Waals surface area (Å²) >= 11 is 0. The molecule has 1 atom stereocenters. The number of nitro groups is 1. The minimum Gasteiger partial charge on any atom is -0.345 e. The summed E-state index contributed by atoms with van der Waals surface area (Å²) < 4.78 is 0. The van der Waals surface area contributed by atoms with E-state index < -0.39 is 10.8 Å². The second-order valence-electron chi connectivity index (χ2n) is 5.12. The lowest BCUT2D eigenvalue weighted by molar-refractivity contribution is -0.384. The standard InChI is InChI=1S/C18H15N3O3/c1-13(15-5-3-2-4-6-15)20-18(22)16(12-19)11-14-7-9-17(10-8-14)21(23)24/h2-11,13H,1H3,(H,20,22)/b16-11-/t13-/m1/s1. The van der Waals surface area contributed by atoms with E-state index in [0.29, 0.717) is 5.56 Å². The smallest absolute Gasteiger partial charge is 0.269 e. The molecule has 0 aliphatic carbocycles. The minimum absolute atomic E-state index is 0.0483. The normalized spacial score (nSPS) is 12.1. The van der Waals surface area contributed by atoms with Crippen molar-refractivity contribution in [2.24, 2.45) is 0 Å². The molecule has 0 aliphatic rings. The number of nitrogens with zero attached hydrogens (tertiary/aromatic N) is 2. The molecule has 1 N–H and O–H groups in total. The highest BCUT2D eigenvalue weighted by Crippen LogP contribution is 2.16. The number of carbonyl (C=O) groups excluding carboxylic acids is 1. The van der Waals surface area contributed by atoms with Crippen molar-refractivity contribution in [3.63, 3.8) is 0 Å². The summed E-state index contributed by atoms with van der Waals surface area (Å²) in [5, 5.41) is 22.6. The van der Waals surface area contributed by atoms with Crippen molar-refractivity contribution in [3.8, 4) is 6.07 Å². The van der Waals surface area contributed by atoms with E-state index in [2.05, 4.69) is 5.32 Å². The molecule has 2 aromatic rings. The van der Waals surface area contributed by atoms with Crippen LogP contribution in [0, 0.1) is 21.4 Å². The lowest BCUT2D eigenvalue weighted by atomic mass is 10.1. The zero-order valence-corrected chi connectivity index (χ0v) is 13.0. The van der Waals surface area contributed by atoms with Gasteiger partial charge in [-0.1, -0.05) is 30.3 Å². The average Bonchev–Trinajstić information content (AvgIpc) is 2.60. The second-order valence-corrected chi connectivity index (χ2v) is 5.12. The largest absolute Gasteiger partial charge is 0.345 e. The maximum atomic E-state index is 12.2. The number of nitro benzene ring substituents is 1. The van der Waals surface area contributed by atoms with E-state index in [0.717, 1.165) is 5.56 Å². The summed E-state index contributed by atoms with van der Waals surface area (Å²) in [7, 11) is 0. The van der Waals surface area contributed by atoms with Crippen LogP contribution in [-0.2, 0) is 4.79 Å². The van der Waals surface area contributed by atoms with Gasteiger partial charge in [-0.3, -0.25) is 14.9 Å². The van der Waals surface area contributed by atoms with Crippen LogP contribution in [0.25, 0.3) is 6.08 Å². The molecule has 0 saturated carbocycles. The van der Waals surface area contributed by atoms with Crippen LogP contribution in [0.1, 0.15) is 24.1 Å². The maximum absolute atomic E-state index is 12.2. The number of hydrogen-bond acceptors (Lipinski definition) is 4. The van der Waals surface area contributed by atoms with Gasteiger partial charge in [0.1, 0.15) is 11.6 Å². The van der Waals surface area contributed by atoms with Crippen molar-refractivity contribution in [1.29, 1.82) is 5.26 Å². The summed E-state index contributed by atoms with van der Waals surface area (Å²) in [5.41, 5.74) is 1.36. The van der Waals surface area contributed by atoms with Crippen molar-refractivity contribution in [1.82, 2.24) is 5.32 Å². The monoisotopic (exact) mass is 321 g/mol. The van der Waals surface area contributed by atoms with Crippen LogP contribution in [0.2, 0.25) is 0 Å². The van der Waals surface area contributed by atoms with Gasteiger partial charge in [-0.05, 0) is 36.3 Å². The molecule has 6 heteroatoms. The predicted molar refractivity (Wildman–Crippen MR) is 89.7 cm³/mol. The third-order valence-corrected chi connectivity index (χ3v) is 3.43. The summed E-state index contributed by atoms with van der Waals surface area (Å²) in [6.45, 7) is 1.83. The van der Waals surface area contributed by atoms with Gasteiger partial charge in [0.05, 0.1) is 11.0 Å². The van der Waals surface area contributed by atoms with Gasteiger partial charge < -0.3 is 5.32 Å². The molecule has 0 bridgehead atoms. The summed E-state index contributed by atoms with van der Waals surface area (Å²) in [4.78, 5) is 22.3. The number of non-ortho nitro benzene ring substituents is 1. The number of benzene rings is 2. The van der Waals surface area contributed by atoms with Crippen molar-refractivity contribution >= 4 is 17.7 Å². The Morgan fingerprint density at radius 3 is 2.38 bits per heavy atom. The van der Waals surface area contributed by atoms with E-state index in [4.69, 9.17) is 0 Å². The topological polar surface area (TPSA) is 96.0 Å². The highest BCUT2D eigenvalue weighted by Gasteiger charge is 2.14. The molecule has 0 spiro atoms. The number of nitrogens with one attached hydrogen (secondary N) is 1. The fraction of sp³-hybridized carbons (Fsp3) is 0.111. The summed E-state index contributed by atoms with van der Waals surface area (Å²) in [6, 6.07) is 16.6. The van der Waals surface area contributed by atoms with Gasteiger partial charge in [-0.15, -0.1) is 0 Å². The fourth-order valence-electron chi connectivity index (χ4n) is 2.11. The Hall–Kier alpha value is -3.46. The van der Waals surface area contributed by atoms with Gasteiger partial charge >= 0.3 is 0 Å². The van der Waals surface area contributed by atoms with Crippen LogP contribution in [0.15, 0.2) is 60.2 Å². The molecular formula is C18H15N3O3. The second kappa shape index (κ2) is 7.70. The number of nitriles is 1. The molecule has 0 unspecified atom stereocenters. The highest BCUT2D eigenvalue weighted by atomic mass is 16.6. The van der Waals surface area contributed by atoms with Crippen LogP contribution in [0.5, 0.6) is 0 Å². The Balaban J connectivity index is 2.13. The maximum Gasteiger partial charge on any atom is 0.269 e. The SMILES string of the molecule is C[C@@H](NC(=O)/C(C#N)=C\c1ccc([N+](=O)[O-])cc1)c1ccccc1. The lowest BCUT2D eigenvalue weighted by Crippen LogP contribution is -2.27. The molecule has 6 nitrogen and oxygen atoms in total. The van der Waals surface area contributed by atoms with Gasteiger partial charge in [0, 0.05) is 12.1 Å². The first kappa shape index (κ1) is 16.9. The van der Waals surface area contributed by atoms with Crippen molar-refractivity contribution in [3.05, 3.63) is 81.4 Å².